The summed E-state index contributed by atoms with van der Waals surface area (Å²) >= 11 is 0. The van der Waals surface area contributed by atoms with Crippen LogP contribution < -0.4 is 0 Å². The van der Waals surface area contributed by atoms with Gasteiger partial charge in [-0.2, -0.15) is 0 Å². The Morgan fingerprint density at radius 1 is 1.12 bits per heavy atom. The molecule has 2 heteroatoms. The zero-order valence-corrected chi connectivity index (χ0v) is 10.7. The molecule has 0 amide bonds. The summed E-state index contributed by atoms with van der Waals surface area (Å²) < 4.78 is 12.3. The minimum atomic E-state index is -0.414. The SMILES string of the molecule is [CH2]C[C@H]1OC(CC)(CC)O[C@@H]1c1ccccc1. The zero-order valence-electron chi connectivity index (χ0n) is 10.7. The number of hydrogen-bond acceptors (Lipinski definition) is 2. The molecule has 1 aliphatic rings. The first kappa shape index (κ1) is 12.6. The van der Waals surface area contributed by atoms with Crippen LogP contribution in [0.2, 0.25) is 0 Å². The quantitative estimate of drug-likeness (QED) is 0.785. The molecule has 93 valence electrons. The van der Waals surface area contributed by atoms with E-state index in [4.69, 9.17) is 9.47 Å². The van der Waals surface area contributed by atoms with E-state index in [1.807, 2.05) is 18.2 Å². The summed E-state index contributed by atoms with van der Waals surface area (Å²) in [5.41, 5.74) is 1.19. The van der Waals surface area contributed by atoms with Gasteiger partial charge in [-0.3, -0.25) is 0 Å². The van der Waals surface area contributed by atoms with Gasteiger partial charge >= 0.3 is 0 Å². The molecule has 0 N–H and O–H groups in total. The molecule has 2 rings (SSSR count). The minimum Gasteiger partial charge on any atom is -0.344 e. The molecule has 0 bridgehead atoms. The van der Waals surface area contributed by atoms with Gasteiger partial charge < -0.3 is 9.47 Å². The highest BCUT2D eigenvalue weighted by atomic mass is 16.8. The van der Waals surface area contributed by atoms with Crippen molar-refractivity contribution in [3.05, 3.63) is 42.8 Å². The standard InChI is InChI=1S/C15H21O2/c1-4-13-14(12-10-8-7-9-11-12)17-15(5-2,6-3)16-13/h7-11,13-14H,1,4-6H2,2-3H3/t13-,14-/m1/s1. The molecule has 2 nitrogen and oxygen atoms in total. The lowest BCUT2D eigenvalue weighted by Gasteiger charge is -2.25. The maximum Gasteiger partial charge on any atom is 0.169 e. The Morgan fingerprint density at radius 2 is 1.76 bits per heavy atom. The Bertz CT molecular complexity index is 343. The van der Waals surface area contributed by atoms with Gasteiger partial charge in [-0.05, 0) is 24.8 Å². The zero-order chi connectivity index (χ0) is 12.3. The van der Waals surface area contributed by atoms with Gasteiger partial charge in [0.2, 0.25) is 0 Å². The van der Waals surface area contributed by atoms with Gasteiger partial charge in [0.1, 0.15) is 6.10 Å². The molecule has 1 aliphatic heterocycles. The second-order valence-corrected chi connectivity index (χ2v) is 4.51. The monoisotopic (exact) mass is 233 g/mol. The molecule has 0 unspecified atom stereocenters. The van der Waals surface area contributed by atoms with E-state index in [-0.39, 0.29) is 12.2 Å². The molecule has 1 saturated heterocycles. The van der Waals surface area contributed by atoms with Gasteiger partial charge in [-0.1, -0.05) is 51.1 Å². The molecule has 1 heterocycles. The molecule has 0 aromatic heterocycles. The van der Waals surface area contributed by atoms with Crippen LogP contribution in [-0.2, 0) is 9.47 Å². The summed E-state index contributed by atoms with van der Waals surface area (Å²) in [4.78, 5) is 0. The van der Waals surface area contributed by atoms with E-state index in [2.05, 4.69) is 32.9 Å². The summed E-state index contributed by atoms with van der Waals surface area (Å²) in [5.74, 6) is -0.414. The van der Waals surface area contributed by atoms with Crippen molar-refractivity contribution in [2.75, 3.05) is 0 Å². The van der Waals surface area contributed by atoms with Crippen LogP contribution in [0.3, 0.4) is 0 Å². The highest BCUT2D eigenvalue weighted by Gasteiger charge is 2.44. The predicted molar refractivity (Wildman–Crippen MR) is 68.4 cm³/mol. The third-order valence-corrected chi connectivity index (χ3v) is 3.54. The van der Waals surface area contributed by atoms with Crippen LogP contribution in [-0.4, -0.2) is 11.9 Å². The van der Waals surface area contributed by atoms with Crippen molar-refractivity contribution in [2.45, 2.75) is 51.1 Å². The van der Waals surface area contributed by atoms with Crippen LogP contribution >= 0.6 is 0 Å². The van der Waals surface area contributed by atoms with Crippen LogP contribution in [0.1, 0.15) is 44.8 Å². The number of ether oxygens (including phenoxy) is 2. The maximum atomic E-state index is 6.17. The van der Waals surface area contributed by atoms with E-state index < -0.39 is 5.79 Å². The van der Waals surface area contributed by atoms with E-state index in [9.17, 15) is 0 Å². The van der Waals surface area contributed by atoms with Crippen molar-refractivity contribution in [2.24, 2.45) is 0 Å². The first-order valence-corrected chi connectivity index (χ1v) is 6.44. The van der Waals surface area contributed by atoms with E-state index in [1.165, 1.54) is 5.56 Å². The number of benzene rings is 1. The highest BCUT2D eigenvalue weighted by molar-refractivity contribution is 5.20. The van der Waals surface area contributed by atoms with Gasteiger partial charge in [0.05, 0.1) is 6.10 Å². The van der Waals surface area contributed by atoms with Crippen molar-refractivity contribution < 1.29 is 9.47 Å². The largest absolute Gasteiger partial charge is 0.344 e. The van der Waals surface area contributed by atoms with Crippen LogP contribution in [0, 0.1) is 6.92 Å². The van der Waals surface area contributed by atoms with E-state index >= 15 is 0 Å². The molecule has 0 saturated carbocycles. The summed E-state index contributed by atoms with van der Waals surface area (Å²) in [6.07, 6.45) is 2.58. The van der Waals surface area contributed by atoms with Gasteiger partial charge in [0.15, 0.2) is 5.79 Å². The van der Waals surface area contributed by atoms with E-state index in [1.54, 1.807) is 0 Å². The smallest absolute Gasteiger partial charge is 0.169 e. The van der Waals surface area contributed by atoms with Crippen LogP contribution in [0.5, 0.6) is 0 Å². The third-order valence-electron chi connectivity index (χ3n) is 3.54. The summed E-state index contributed by atoms with van der Waals surface area (Å²) in [6.45, 7) is 8.19. The fraction of sp³-hybridized carbons (Fsp3) is 0.533. The topological polar surface area (TPSA) is 18.5 Å². The summed E-state index contributed by atoms with van der Waals surface area (Å²) in [5, 5.41) is 0. The average Bonchev–Trinajstić information content (AvgIpc) is 2.79. The van der Waals surface area contributed by atoms with Crippen molar-refractivity contribution in [3.63, 3.8) is 0 Å². The van der Waals surface area contributed by atoms with Crippen molar-refractivity contribution >= 4 is 0 Å². The lowest BCUT2D eigenvalue weighted by molar-refractivity contribution is -0.179. The molecule has 0 spiro atoms. The Kier molecular flexibility index (Phi) is 3.85. The third kappa shape index (κ3) is 2.38. The second kappa shape index (κ2) is 5.19. The van der Waals surface area contributed by atoms with Crippen LogP contribution in [0.15, 0.2) is 30.3 Å². The molecule has 1 radical (unpaired) electrons. The first-order chi connectivity index (χ1) is 8.24. The molecule has 17 heavy (non-hydrogen) atoms. The van der Waals surface area contributed by atoms with Crippen LogP contribution in [0.25, 0.3) is 0 Å². The molecule has 2 atom stereocenters. The molecular formula is C15H21O2. The minimum absolute atomic E-state index is 0.0219. The van der Waals surface area contributed by atoms with E-state index in [0.717, 1.165) is 19.3 Å². The van der Waals surface area contributed by atoms with Crippen molar-refractivity contribution in [1.29, 1.82) is 0 Å². The van der Waals surface area contributed by atoms with Gasteiger partial charge in [0, 0.05) is 0 Å². The van der Waals surface area contributed by atoms with Crippen molar-refractivity contribution in [1.82, 2.24) is 0 Å². The Hall–Kier alpha value is -0.860. The maximum absolute atomic E-state index is 6.17. The van der Waals surface area contributed by atoms with Crippen molar-refractivity contribution in [3.8, 4) is 0 Å². The number of hydrogen-bond donors (Lipinski definition) is 0. The molecular weight excluding hydrogens is 212 g/mol. The fourth-order valence-electron chi connectivity index (χ4n) is 2.39. The average molecular weight is 233 g/mol. The fourth-order valence-corrected chi connectivity index (χ4v) is 2.39. The van der Waals surface area contributed by atoms with Gasteiger partial charge in [0.25, 0.3) is 0 Å². The highest BCUT2D eigenvalue weighted by Crippen LogP contribution is 2.42. The van der Waals surface area contributed by atoms with E-state index in [0.29, 0.717) is 0 Å². The Morgan fingerprint density at radius 3 is 2.29 bits per heavy atom. The molecule has 0 aliphatic carbocycles. The molecule has 1 fully saturated rings. The Labute approximate surface area is 104 Å². The van der Waals surface area contributed by atoms with Crippen LogP contribution in [0.4, 0.5) is 0 Å². The van der Waals surface area contributed by atoms with Gasteiger partial charge in [-0.25, -0.2) is 0 Å². The molecule has 1 aromatic rings. The first-order valence-electron chi connectivity index (χ1n) is 6.44. The summed E-state index contributed by atoms with van der Waals surface area (Å²) in [6, 6.07) is 10.3. The lowest BCUT2D eigenvalue weighted by atomic mass is 10.0. The van der Waals surface area contributed by atoms with Gasteiger partial charge in [-0.15, -0.1) is 0 Å². The Balaban J connectivity index is 2.23. The number of rotatable bonds is 4. The lowest BCUT2D eigenvalue weighted by Crippen LogP contribution is -2.28. The summed E-state index contributed by atoms with van der Waals surface area (Å²) in [7, 11) is 0. The normalized spacial score (nSPS) is 27.2. The predicted octanol–water partition coefficient (Wildman–Crippen LogP) is 3.88. The molecule has 1 aromatic carbocycles. The second-order valence-electron chi connectivity index (χ2n) is 4.51.